The first kappa shape index (κ1) is 7.21. The van der Waals surface area contributed by atoms with E-state index in [4.69, 9.17) is 4.74 Å². The number of allylic oxidation sites excluding steroid dienone is 1. The molecule has 46 valence electrons. The largest absolute Gasteiger partial charge is 0.494 e. The van der Waals surface area contributed by atoms with E-state index < -0.39 is 0 Å². The second-order valence-corrected chi connectivity index (χ2v) is 1.48. The van der Waals surface area contributed by atoms with Crippen molar-refractivity contribution in [1.82, 2.24) is 0 Å². The molecule has 0 rings (SSSR count). The zero-order chi connectivity index (χ0) is 6.41. The fourth-order valence-electron chi connectivity index (χ4n) is 0.262. The molecule has 0 atom stereocenters. The monoisotopic (exact) mass is 114 g/mol. The van der Waals surface area contributed by atoms with Crippen molar-refractivity contribution in [2.24, 2.45) is 0 Å². The first-order valence-electron chi connectivity index (χ1n) is 2.49. The minimum atomic E-state index is 0.0445. The average molecular weight is 114 g/mol. The highest BCUT2D eigenvalue weighted by atomic mass is 16.5. The zero-order valence-corrected chi connectivity index (χ0v) is 5.18. The molecular weight excluding hydrogens is 104 g/mol. The molecule has 0 heterocycles. The van der Waals surface area contributed by atoms with Crippen molar-refractivity contribution in [3.63, 3.8) is 0 Å². The summed E-state index contributed by atoms with van der Waals surface area (Å²) in [5.74, 6) is 0.0445. The lowest BCUT2D eigenvalue weighted by atomic mass is 10.5. The minimum Gasteiger partial charge on any atom is -0.494 e. The summed E-state index contributed by atoms with van der Waals surface area (Å²) < 4.78 is 4.71. The summed E-state index contributed by atoms with van der Waals surface area (Å²) in [6, 6.07) is 0. The molecule has 0 spiro atoms. The molecule has 0 unspecified atom stereocenters. The molecule has 0 amide bonds. The normalized spacial score (nSPS) is 9.75. The van der Waals surface area contributed by atoms with Gasteiger partial charge < -0.3 is 4.74 Å². The maximum atomic E-state index is 10.2. The number of Topliss-reactive ketones (excluding diaryl/α,β-unsaturated/α-hetero) is 1. The first-order chi connectivity index (χ1) is 3.77. The van der Waals surface area contributed by atoms with Gasteiger partial charge in [-0.1, -0.05) is 6.08 Å². The van der Waals surface area contributed by atoms with Crippen LogP contribution in [-0.2, 0) is 9.53 Å². The lowest BCUT2D eigenvalue weighted by Gasteiger charge is -1.91. The summed E-state index contributed by atoms with van der Waals surface area (Å²) in [5.41, 5.74) is 0. The topological polar surface area (TPSA) is 26.3 Å². The van der Waals surface area contributed by atoms with Gasteiger partial charge in [-0.15, -0.1) is 0 Å². The van der Waals surface area contributed by atoms with Crippen molar-refractivity contribution in [3.8, 4) is 0 Å². The molecule has 0 saturated heterocycles. The van der Waals surface area contributed by atoms with Gasteiger partial charge in [-0.25, -0.2) is 0 Å². The number of ketones is 1. The van der Waals surface area contributed by atoms with Crippen LogP contribution >= 0.6 is 0 Å². The van der Waals surface area contributed by atoms with Gasteiger partial charge in [0.05, 0.1) is 6.26 Å². The Bertz CT molecular complexity index is 94.7. The molecule has 0 aliphatic heterocycles. The van der Waals surface area contributed by atoms with Gasteiger partial charge in [0.2, 0.25) is 0 Å². The Morgan fingerprint density at radius 2 is 2.38 bits per heavy atom. The van der Waals surface area contributed by atoms with Crippen LogP contribution in [0.4, 0.5) is 0 Å². The SMILES string of the molecule is CC=COCC(C)=O. The van der Waals surface area contributed by atoms with Gasteiger partial charge in [0.25, 0.3) is 0 Å². The van der Waals surface area contributed by atoms with Gasteiger partial charge in [0, 0.05) is 0 Å². The van der Waals surface area contributed by atoms with Crippen LogP contribution in [0, 0.1) is 0 Å². The van der Waals surface area contributed by atoms with Gasteiger partial charge in [-0.05, 0) is 13.8 Å². The first-order valence-corrected chi connectivity index (χ1v) is 2.49. The van der Waals surface area contributed by atoms with Crippen LogP contribution in [0.25, 0.3) is 0 Å². The van der Waals surface area contributed by atoms with Crippen LogP contribution in [-0.4, -0.2) is 12.4 Å². The van der Waals surface area contributed by atoms with E-state index in [0.717, 1.165) is 0 Å². The second kappa shape index (κ2) is 4.37. The number of carbonyl (C=O) groups is 1. The fourth-order valence-corrected chi connectivity index (χ4v) is 0.262. The highest BCUT2D eigenvalue weighted by molar-refractivity contribution is 5.76. The quantitative estimate of drug-likeness (QED) is 0.514. The fraction of sp³-hybridized carbons (Fsp3) is 0.500. The summed E-state index contributed by atoms with van der Waals surface area (Å²) >= 11 is 0. The molecule has 0 bridgehead atoms. The van der Waals surface area contributed by atoms with Crippen LogP contribution in [0.15, 0.2) is 12.3 Å². The van der Waals surface area contributed by atoms with Crippen LogP contribution in [0.5, 0.6) is 0 Å². The molecule has 0 aromatic carbocycles. The predicted molar refractivity (Wildman–Crippen MR) is 31.4 cm³/mol. The molecule has 0 aromatic heterocycles. The average Bonchev–Trinajstić information content (AvgIpc) is 1.66. The van der Waals surface area contributed by atoms with Crippen molar-refractivity contribution in [2.75, 3.05) is 6.61 Å². The molecule has 0 N–H and O–H groups in total. The van der Waals surface area contributed by atoms with Gasteiger partial charge in [0.1, 0.15) is 6.61 Å². The highest BCUT2D eigenvalue weighted by Crippen LogP contribution is 1.76. The maximum Gasteiger partial charge on any atom is 0.167 e. The van der Waals surface area contributed by atoms with Gasteiger partial charge in [-0.2, -0.15) is 0 Å². The van der Waals surface area contributed by atoms with Crippen molar-refractivity contribution < 1.29 is 9.53 Å². The molecule has 0 aromatic rings. The molecule has 8 heavy (non-hydrogen) atoms. The molecule has 0 radical (unpaired) electrons. The summed E-state index contributed by atoms with van der Waals surface area (Å²) in [7, 11) is 0. The van der Waals surface area contributed by atoms with Gasteiger partial charge in [0.15, 0.2) is 5.78 Å². The third-order valence-corrected chi connectivity index (χ3v) is 0.519. The van der Waals surface area contributed by atoms with E-state index >= 15 is 0 Å². The maximum absolute atomic E-state index is 10.2. The lowest BCUT2D eigenvalue weighted by Crippen LogP contribution is -1.98. The number of rotatable bonds is 3. The smallest absolute Gasteiger partial charge is 0.167 e. The van der Waals surface area contributed by atoms with Gasteiger partial charge in [-0.3, -0.25) is 4.79 Å². The Balaban J connectivity index is 3.05. The minimum absolute atomic E-state index is 0.0445. The van der Waals surface area contributed by atoms with Crippen molar-refractivity contribution in [1.29, 1.82) is 0 Å². The van der Waals surface area contributed by atoms with Crippen LogP contribution in [0.3, 0.4) is 0 Å². The van der Waals surface area contributed by atoms with Crippen molar-refractivity contribution in [3.05, 3.63) is 12.3 Å². The second-order valence-electron chi connectivity index (χ2n) is 1.48. The standard InChI is InChI=1S/C6H10O2/c1-3-4-8-5-6(2)7/h3-4H,5H2,1-2H3. The van der Waals surface area contributed by atoms with E-state index in [2.05, 4.69) is 0 Å². The van der Waals surface area contributed by atoms with E-state index in [1.807, 2.05) is 6.92 Å². The Hall–Kier alpha value is -0.790. The Morgan fingerprint density at radius 1 is 1.75 bits per heavy atom. The number of carbonyl (C=O) groups excluding carboxylic acids is 1. The summed E-state index contributed by atoms with van der Waals surface area (Å²) in [6.45, 7) is 3.51. The van der Waals surface area contributed by atoms with E-state index in [9.17, 15) is 4.79 Å². The van der Waals surface area contributed by atoms with Crippen LogP contribution in [0.1, 0.15) is 13.8 Å². The summed E-state index contributed by atoms with van der Waals surface area (Å²) in [5, 5.41) is 0. The number of ether oxygens (including phenoxy) is 1. The van der Waals surface area contributed by atoms with E-state index in [-0.39, 0.29) is 12.4 Å². The Kier molecular flexibility index (Phi) is 3.94. The number of hydrogen-bond acceptors (Lipinski definition) is 2. The number of hydrogen-bond donors (Lipinski definition) is 0. The van der Waals surface area contributed by atoms with E-state index in [1.54, 1.807) is 6.08 Å². The van der Waals surface area contributed by atoms with Crippen molar-refractivity contribution in [2.45, 2.75) is 13.8 Å². The Labute approximate surface area is 49.1 Å². The molecule has 2 heteroatoms. The van der Waals surface area contributed by atoms with Crippen LogP contribution < -0.4 is 0 Å². The zero-order valence-electron chi connectivity index (χ0n) is 5.18. The Morgan fingerprint density at radius 3 is 2.75 bits per heavy atom. The van der Waals surface area contributed by atoms with E-state index in [0.29, 0.717) is 0 Å². The summed E-state index contributed by atoms with van der Waals surface area (Å²) in [6.07, 6.45) is 3.24. The lowest BCUT2D eigenvalue weighted by molar-refractivity contribution is -0.119. The molecular formula is C6H10O2. The summed E-state index contributed by atoms with van der Waals surface area (Å²) in [4.78, 5) is 10.2. The van der Waals surface area contributed by atoms with E-state index in [1.165, 1.54) is 13.2 Å². The van der Waals surface area contributed by atoms with Gasteiger partial charge >= 0.3 is 0 Å². The predicted octanol–water partition coefficient (Wildman–Crippen LogP) is 1.13. The third-order valence-electron chi connectivity index (χ3n) is 0.519. The third kappa shape index (κ3) is 5.21. The van der Waals surface area contributed by atoms with Crippen LogP contribution in [0.2, 0.25) is 0 Å². The molecule has 0 saturated carbocycles. The molecule has 0 fully saturated rings. The molecule has 0 aliphatic rings. The highest BCUT2D eigenvalue weighted by Gasteiger charge is 1.85. The molecule has 2 nitrogen and oxygen atoms in total. The van der Waals surface area contributed by atoms with Crippen molar-refractivity contribution >= 4 is 5.78 Å². The molecule has 0 aliphatic carbocycles.